The minimum atomic E-state index is -0.260. The molecule has 1 amide bonds. The lowest BCUT2D eigenvalue weighted by molar-refractivity contribution is -0.121. The maximum Gasteiger partial charge on any atom is 0.272 e. The van der Waals surface area contributed by atoms with Crippen molar-refractivity contribution in [3.8, 4) is 0 Å². The van der Waals surface area contributed by atoms with Gasteiger partial charge in [0.2, 0.25) is 5.91 Å². The molecule has 0 radical (unpaired) electrons. The lowest BCUT2D eigenvalue weighted by Gasteiger charge is -2.22. The number of para-hydroxylation sites is 2. The van der Waals surface area contributed by atoms with Crippen molar-refractivity contribution in [1.29, 1.82) is 0 Å². The van der Waals surface area contributed by atoms with E-state index < -0.39 is 0 Å². The zero-order chi connectivity index (χ0) is 20.4. The van der Waals surface area contributed by atoms with Gasteiger partial charge >= 0.3 is 0 Å². The van der Waals surface area contributed by atoms with E-state index in [1.165, 1.54) is 0 Å². The number of hydrogen-bond donors (Lipinski definition) is 3. The summed E-state index contributed by atoms with van der Waals surface area (Å²) in [5, 5.41) is 10.9. The molecule has 0 bridgehead atoms. The van der Waals surface area contributed by atoms with Crippen molar-refractivity contribution in [1.82, 2.24) is 25.5 Å². The molecule has 148 valence electrons. The van der Waals surface area contributed by atoms with Crippen LogP contribution < -0.4 is 10.9 Å². The first-order valence-electron chi connectivity index (χ1n) is 9.77. The van der Waals surface area contributed by atoms with Gasteiger partial charge in [0.25, 0.3) is 5.56 Å². The quantitative estimate of drug-likeness (QED) is 0.471. The summed E-state index contributed by atoms with van der Waals surface area (Å²) in [7, 11) is 0. The van der Waals surface area contributed by atoms with Gasteiger partial charge < -0.3 is 10.3 Å². The zero-order valence-electron chi connectivity index (χ0n) is 16.4. The summed E-state index contributed by atoms with van der Waals surface area (Å²) < 4.78 is 0. The Kier molecular flexibility index (Phi) is 5.12. The fourth-order valence-corrected chi connectivity index (χ4v) is 3.52. The Morgan fingerprint density at radius 1 is 1.10 bits per heavy atom. The van der Waals surface area contributed by atoms with Gasteiger partial charge in [0.05, 0.1) is 34.6 Å². The third kappa shape index (κ3) is 3.76. The van der Waals surface area contributed by atoms with Gasteiger partial charge in [-0.25, -0.2) is 10.1 Å². The van der Waals surface area contributed by atoms with E-state index in [1.807, 2.05) is 36.4 Å². The van der Waals surface area contributed by atoms with Crippen molar-refractivity contribution in [2.45, 2.75) is 32.7 Å². The van der Waals surface area contributed by atoms with E-state index in [0.717, 1.165) is 23.3 Å². The topological polar surface area (TPSA) is 104 Å². The summed E-state index contributed by atoms with van der Waals surface area (Å²) in [6.07, 6.45) is 0.965. The van der Waals surface area contributed by atoms with E-state index in [9.17, 15) is 9.59 Å². The molecular formula is C22H23N5O2. The van der Waals surface area contributed by atoms with Crippen molar-refractivity contribution in [3.63, 3.8) is 0 Å². The molecule has 0 unspecified atom stereocenters. The van der Waals surface area contributed by atoms with E-state index in [1.54, 1.807) is 12.1 Å². The van der Waals surface area contributed by atoms with Gasteiger partial charge in [-0.2, -0.15) is 5.10 Å². The number of H-pyrrole nitrogens is 2. The molecule has 0 saturated heterocycles. The lowest BCUT2D eigenvalue weighted by Crippen LogP contribution is -2.34. The highest BCUT2D eigenvalue weighted by molar-refractivity contribution is 5.88. The van der Waals surface area contributed by atoms with Crippen molar-refractivity contribution in [2.75, 3.05) is 0 Å². The third-order valence-corrected chi connectivity index (χ3v) is 5.33. The molecule has 29 heavy (non-hydrogen) atoms. The molecule has 0 aliphatic rings. The highest BCUT2D eigenvalue weighted by Gasteiger charge is 2.24. The number of aromatic amines is 2. The molecule has 2 atom stereocenters. The van der Waals surface area contributed by atoms with Crippen LogP contribution >= 0.6 is 0 Å². The Hall–Kier alpha value is -3.48. The molecule has 4 rings (SSSR count). The van der Waals surface area contributed by atoms with Gasteiger partial charge in [-0.05, 0) is 24.1 Å². The monoisotopic (exact) mass is 389 g/mol. The number of nitrogens with one attached hydrogen (secondary N) is 3. The van der Waals surface area contributed by atoms with Crippen LogP contribution in [0.5, 0.6) is 0 Å². The Morgan fingerprint density at radius 2 is 1.83 bits per heavy atom. The summed E-state index contributed by atoms with van der Waals surface area (Å²) >= 11 is 0. The molecule has 0 aliphatic carbocycles. The molecule has 2 heterocycles. The van der Waals surface area contributed by atoms with Crippen LogP contribution in [-0.2, 0) is 11.2 Å². The number of aromatic nitrogens is 4. The molecule has 3 N–H and O–H groups in total. The van der Waals surface area contributed by atoms with E-state index in [2.05, 4.69) is 39.3 Å². The zero-order valence-corrected chi connectivity index (χ0v) is 16.4. The number of benzene rings is 2. The van der Waals surface area contributed by atoms with Crippen molar-refractivity contribution >= 4 is 27.7 Å². The minimum Gasteiger partial charge on any atom is -0.346 e. The first-order chi connectivity index (χ1) is 14.1. The summed E-state index contributed by atoms with van der Waals surface area (Å²) in [4.78, 5) is 32.8. The number of carbonyl (C=O) groups is 1. The predicted molar refractivity (Wildman–Crippen MR) is 113 cm³/mol. The first kappa shape index (κ1) is 18.9. The highest BCUT2D eigenvalue weighted by Crippen LogP contribution is 2.25. The van der Waals surface area contributed by atoms with Gasteiger partial charge in [0.15, 0.2) is 0 Å². The summed E-state index contributed by atoms with van der Waals surface area (Å²) in [5.74, 6) is 0.772. The average Bonchev–Trinajstić information content (AvgIpc) is 3.17. The van der Waals surface area contributed by atoms with Gasteiger partial charge in [0.1, 0.15) is 5.82 Å². The average molecular weight is 389 g/mol. The molecule has 7 nitrogen and oxygen atoms in total. The van der Waals surface area contributed by atoms with E-state index in [0.29, 0.717) is 16.5 Å². The number of imidazole rings is 1. The summed E-state index contributed by atoms with van der Waals surface area (Å²) in [5.41, 5.74) is 2.10. The normalized spacial score (nSPS) is 13.4. The van der Waals surface area contributed by atoms with Crippen LogP contribution in [0, 0.1) is 5.92 Å². The second kappa shape index (κ2) is 7.87. The van der Waals surface area contributed by atoms with Gasteiger partial charge in [-0.15, -0.1) is 0 Å². The van der Waals surface area contributed by atoms with Crippen LogP contribution in [0.25, 0.3) is 21.8 Å². The third-order valence-electron chi connectivity index (χ3n) is 5.33. The second-order valence-electron chi connectivity index (χ2n) is 7.29. The number of amides is 1. The molecule has 0 aliphatic heterocycles. The van der Waals surface area contributed by atoms with Crippen molar-refractivity contribution in [2.24, 2.45) is 5.92 Å². The second-order valence-corrected chi connectivity index (χ2v) is 7.29. The smallest absolute Gasteiger partial charge is 0.272 e. The number of rotatable bonds is 6. The molecule has 0 spiro atoms. The Labute approximate surface area is 167 Å². The van der Waals surface area contributed by atoms with Crippen LogP contribution in [0.1, 0.15) is 37.8 Å². The molecule has 0 saturated carbocycles. The maximum atomic E-state index is 12.9. The highest BCUT2D eigenvalue weighted by atomic mass is 16.1. The maximum absolute atomic E-state index is 12.9. The van der Waals surface area contributed by atoms with E-state index >= 15 is 0 Å². The van der Waals surface area contributed by atoms with Gasteiger partial charge in [0, 0.05) is 5.39 Å². The molecule has 2 aromatic carbocycles. The Morgan fingerprint density at radius 3 is 2.59 bits per heavy atom. The van der Waals surface area contributed by atoms with Crippen LogP contribution in [0.3, 0.4) is 0 Å². The first-order valence-corrected chi connectivity index (χ1v) is 9.77. The molecule has 0 fully saturated rings. The molecular weight excluding hydrogens is 366 g/mol. The summed E-state index contributed by atoms with van der Waals surface area (Å²) in [6, 6.07) is 14.7. The predicted octanol–water partition coefficient (Wildman–Crippen LogP) is 3.25. The minimum absolute atomic E-state index is 0.0739. The van der Waals surface area contributed by atoms with Crippen LogP contribution in [0.4, 0.5) is 0 Å². The number of hydrogen-bond acceptors (Lipinski definition) is 4. The molecule has 7 heteroatoms. The van der Waals surface area contributed by atoms with Crippen LogP contribution in [0.2, 0.25) is 0 Å². The number of carbonyl (C=O) groups excluding carboxylic acids is 1. The summed E-state index contributed by atoms with van der Waals surface area (Å²) in [6.45, 7) is 4.18. The van der Waals surface area contributed by atoms with E-state index in [4.69, 9.17) is 0 Å². The van der Waals surface area contributed by atoms with Gasteiger partial charge in [-0.1, -0.05) is 50.6 Å². The lowest BCUT2D eigenvalue weighted by atomic mass is 9.98. The van der Waals surface area contributed by atoms with Crippen LogP contribution in [0.15, 0.2) is 53.3 Å². The van der Waals surface area contributed by atoms with Crippen molar-refractivity contribution in [3.05, 3.63) is 70.4 Å². The van der Waals surface area contributed by atoms with Gasteiger partial charge in [-0.3, -0.25) is 9.59 Å². The Bertz CT molecular complexity index is 1190. The number of nitrogens with zero attached hydrogens (tertiary/aromatic N) is 2. The van der Waals surface area contributed by atoms with Crippen LogP contribution in [-0.4, -0.2) is 26.1 Å². The Balaban J connectivity index is 1.61. The number of fused-ring (bicyclic) bond motifs is 2. The van der Waals surface area contributed by atoms with Crippen molar-refractivity contribution < 1.29 is 4.79 Å². The molecule has 4 aromatic rings. The van der Waals surface area contributed by atoms with E-state index in [-0.39, 0.29) is 29.8 Å². The SMILES string of the molecule is CC[C@@H](C)[C@H](NC(=O)Cc1n[nH]c(=O)c2ccccc12)c1nc2ccccc2[nH]1. The largest absolute Gasteiger partial charge is 0.346 e. The fourth-order valence-electron chi connectivity index (χ4n) is 3.52. The standard InChI is InChI=1S/C22H23N5O2/c1-3-13(2)20(21-23-16-10-6-7-11-17(16)24-21)25-19(28)12-18-14-8-4-5-9-15(14)22(29)27-26-18/h4-11,13,20H,3,12H2,1-2H3,(H,23,24)(H,25,28)(H,27,29)/t13-,20+/m1/s1. The molecule has 2 aromatic heterocycles. The fraction of sp³-hybridized carbons (Fsp3) is 0.273.